The van der Waals surface area contributed by atoms with Gasteiger partial charge in [-0.15, -0.1) is 0 Å². The van der Waals surface area contributed by atoms with E-state index in [-0.39, 0.29) is 29.6 Å². The molecular weight excluding hydrogens is 275 g/mol. The Morgan fingerprint density at radius 1 is 1.00 bits per heavy atom. The number of H-pyrrole nitrogens is 1. The second kappa shape index (κ2) is 7.22. The van der Waals surface area contributed by atoms with Crippen molar-refractivity contribution >= 4 is 6.29 Å². The first-order valence-corrected chi connectivity index (χ1v) is 6.12. The molecule has 0 aliphatic carbocycles. The van der Waals surface area contributed by atoms with Crippen molar-refractivity contribution in [3.8, 4) is 22.8 Å². The standard InChI is InChI=1S/C16H11N2O2.Na/c19-11-12-10-15(18-17-12)14-8-4-5-9-16(14)20-13-6-2-1-3-7-13;/h1-10H,(H,17,18);/q-1;+1. The number of carbonyl (C=O) groups excluding carboxylic acids is 1. The van der Waals surface area contributed by atoms with Crippen LogP contribution in [0, 0.1) is 0 Å². The van der Waals surface area contributed by atoms with E-state index in [2.05, 4.69) is 10.2 Å². The Morgan fingerprint density at radius 3 is 2.43 bits per heavy atom. The molecule has 0 aliphatic rings. The number of aromatic nitrogens is 2. The Hall–Kier alpha value is -1.88. The van der Waals surface area contributed by atoms with Crippen LogP contribution < -0.4 is 34.3 Å². The van der Waals surface area contributed by atoms with Gasteiger partial charge in [0.05, 0.1) is 0 Å². The summed E-state index contributed by atoms with van der Waals surface area (Å²) in [5.41, 5.74) is 1.78. The van der Waals surface area contributed by atoms with E-state index in [4.69, 9.17) is 4.74 Å². The monoisotopic (exact) mass is 286 g/mol. The molecule has 5 heteroatoms. The normalized spacial score (nSPS) is 9.71. The van der Waals surface area contributed by atoms with Crippen LogP contribution in [-0.2, 0) is 4.79 Å². The van der Waals surface area contributed by atoms with Gasteiger partial charge in [-0.2, -0.15) is 11.2 Å². The molecular formula is C16H11N2NaO2. The quantitative estimate of drug-likeness (QED) is 0.555. The summed E-state index contributed by atoms with van der Waals surface area (Å²) in [6, 6.07) is 18.7. The van der Waals surface area contributed by atoms with Gasteiger partial charge in [-0.1, -0.05) is 42.1 Å². The molecule has 98 valence electrons. The number of nitrogens with zero attached hydrogens (tertiary/aromatic N) is 1. The van der Waals surface area contributed by atoms with Crippen molar-refractivity contribution in [2.75, 3.05) is 0 Å². The molecule has 0 amide bonds. The number of para-hydroxylation sites is 2. The van der Waals surface area contributed by atoms with Gasteiger partial charge < -0.3 is 14.6 Å². The van der Waals surface area contributed by atoms with Gasteiger partial charge in [-0.25, -0.2) is 0 Å². The van der Waals surface area contributed by atoms with Crippen molar-refractivity contribution in [3.05, 3.63) is 66.4 Å². The van der Waals surface area contributed by atoms with Gasteiger partial charge in [0.15, 0.2) is 0 Å². The second-order valence-corrected chi connectivity index (χ2v) is 4.18. The Labute approximate surface area is 144 Å². The molecule has 0 saturated carbocycles. The molecule has 0 atom stereocenters. The fraction of sp³-hybridized carbons (Fsp3) is 0. The molecule has 1 aromatic heterocycles. The second-order valence-electron chi connectivity index (χ2n) is 4.18. The summed E-state index contributed by atoms with van der Waals surface area (Å²) in [6.45, 7) is 0. The molecule has 0 fully saturated rings. The predicted molar refractivity (Wildman–Crippen MR) is 75.3 cm³/mol. The van der Waals surface area contributed by atoms with Crippen LogP contribution in [0.5, 0.6) is 11.5 Å². The Kier molecular flexibility index (Phi) is 5.33. The van der Waals surface area contributed by atoms with Gasteiger partial charge in [0, 0.05) is 17.5 Å². The van der Waals surface area contributed by atoms with Crippen LogP contribution in [0.2, 0.25) is 0 Å². The maximum atomic E-state index is 10.6. The van der Waals surface area contributed by atoms with Crippen LogP contribution >= 0.6 is 0 Å². The molecule has 0 aliphatic heterocycles. The molecule has 1 N–H and O–H groups in total. The van der Waals surface area contributed by atoms with Crippen molar-refractivity contribution in [1.29, 1.82) is 0 Å². The third-order valence-corrected chi connectivity index (χ3v) is 2.82. The Bertz CT molecular complexity index is 726. The summed E-state index contributed by atoms with van der Waals surface area (Å²) in [4.78, 5) is 10.6. The number of nitrogens with one attached hydrogen (secondary N) is 1. The summed E-state index contributed by atoms with van der Waals surface area (Å²) in [5.74, 6) is 1.43. The minimum absolute atomic E-state index is 0. The zero-order chi connectivity index (χ0) is 13.8. The smallest absolute Gasteiger partial charge is 0.457 e. The third-order valence-electron chi connectivity index (χ3n) is 2.82. The van der Waals surface area contributed by atoms with Gasteiger partial charge >= 0.3 is 29.6 Å². The first-order valence-electron chi connectivity index (χ1n) is 6.12. The zero-order valence-corrected chi connectivity index (χ0v) is 13.5. The molecule has 3 aromatic rings. The number of benzene rings is 2. The van der Waals surface area contributed by atoms with Crippen LogP contribution in [-0.4, -0.2) is 16.5 Å². The number of ether oxygens (including phenoxy) is 1. The summed E-state index contributed by atoms with van der Waals surface area (Å²) < 4.78 is 5.85. The van der Waals surface area contributed by atoms with E-state index in [1.807, 2.05) is 54.6 Å². The number of hydrogen-bond donors (Lipinski definition) is 1. The molecule has 4 nitrogen and oxygen atoms in total. The fourth-order valence-electron chi connectivity index (χ4n) is 1.89. The molecule has 0 radical (unpaired) electrons. The molecule has 0 unspecified atom stereocenters. The van der Waals surface area contributed by atoms with Crippen molar-refractivity contribution < 1.29 is 39.1 Å². The Balaban J connectivity index is 0.00000161. The van der Waals surface area contributed by atoms with Crippen molar-refractivity contribution in [2.45, 2.75) is 0 Å². The van der Waals surface area contributed by atoms with Gasteiger partial charge in [-0.3, -0.25) is 0 Å². The topological polar surface area (TPSA) is 55.0 Å². The first-order chi connectivity index (χ1) is 9.86. The van der Waals surface area contributed by atoms with E-state index < -0.39 is 0 Å². The summed E-state index contributed by atoms with van der Waals surface area (Å²) >= 11 is 0. The predicted octanol–water partition coefficient (Wildman–Crippen LogP) is 0.331. The Morgan fingerprint density at radius 2 is 1.71 bits per heavy atom. The molecule has 0 spiro atoms. The maximum absolute atomic E-state index is 10.6. The van der Waals surface area contributed by atoms with Gasteiger partial charge in [0.1, 0.15) is 11.5 Å². The van der Waals surface area contributed by atoms with E-state index in [1.54, 1.807) is 12.4 Å². The van der Waals surface area contributed by atoms with Crippen LogP contribution in [0.3, 0.4) is 0 Å². The van der Waals surface area contributed by atoms with Gasteiger partial charge in [0.25, 0.3) is 0 Å². The molecule has 0 bridgehead atoms. The van der Waals surface area contributed by atoms with E-state index in [0.717, 1.165) is 11.3 Å². The van der Waals surface area contributed by atoms with Crippen LogP contribution in [0.4, 0.5) is 0 Å². The summed E-state index contributed by atoms with van der Waals surface area (Å²) in [7, 11) is 0. The summed E-state index contributed by atoms with van der Waals surface area (Å²) in [6.07, 6.45) is 1.78. The van der Waals surface area contributed by atoms with Crippen LogP contribution in [0.1, 0.15) is 5.69 Å². The molecule has 21 heavy (non-hydrogen) atoms. The van der Waals surface area contributed by atoms with E-state index in [0.29, 0.717) is 17.1 Å². The zero-order valence-electron chi connectivity index (χ0n) is 11.5. The number of hydrogen-bond acceptors (Lipinski definition) is 3. The first kappa shape index (κ1) is 15.5. The SMILES string of the molecule is O=[C-]c1cc(-c2ccccc2Oc2ccccc2)n[nH]1.[Na+]. The number of rotatable bonds is 4. The van der Waals surface area contributed by atoms with E-state index in [9.17, 15) is 4.79 Å². The average molecular weight is 286 g/mol. The minimum Gasteiger partial charge on any atom is -0.457 e. The summed E-state index contributed by atoms with van der Waals surface area (Å²) in [5, 5.41) is 6.71. The number of aromatic amines is 1. The van der Waals surface area contributed by atoms with E-state index in [1.165, 1.54) is 0 Å². The molecule has 3 rings (SSSR count). The molecule has 0 saturated heterocycles. The van der Waals surface area contributed by atoms with Crippen molar-refractivity contribution in [1.82, 2.24) is 10.2 Å². The minimum atomic E-state index is 0. The largest absolute Gasteiger partial charge is 1.00 e. The van der Waals surface area contributed by atoms with Gasteiger partial charge in [0.2, 0.25) is 0 Å². The average Bonchev–Trinajstić information content (AvgIpc) is 2.98. The van der Waals surface area contributed by atoms with Crippen LogP contribution in [0.25, 0.3) is 11.3 Å². The van der Waals surface area contributed by atoms with E-state index >= 15 is 0 Å². The van der Waals surface area contributed by atoms with Crippen LogP contribution in [0.15, 0.2) is 60.7 Å². The molecule has 1 heterocycles. The molecule has 2 aromatic carbocycles. The van der Waals surface area contributed by atoms with Crippen molar-refractivity contribution in [3.63, 3.8) is 0 Å². The fourth-order valence-corrected chi connectivity index (χ4v) is 1.89. The van der Waals surface area contributed by atoms with Gasteiger partial charge in [-0.05, 0) is 18.2 Å². The maximum Gasteiger partial charge on any atom is 1.00 e. The third kappa shape index (κ3) is 3.61. The van der Waals surface area contributed by atoms with Crippen molar-refractivity contribution in [2.24, 2.45) is 0 Å².